The maximum atomic E-state index is 6.66. The Balaban J connectivity index is 3.14. The molecule has 0 radical (unpaired) electrons. The second-order valence-corrected chi connectivity index (χ2v) is 11.7. The number of allylic oxidation sites excluding steroid dienone is 1. The average molecular weight is 307 g/mol. The fourth-order valence-electron chi connectivity index (χ4n) is 1.95. The molecule has 118 valence electrons. The van der Waals surface area contributed by atoms with Crippen molar-refractivity contribution >= 4 is 8.32 Å². The van der Waals surface area contributed by atoms with Crippen molar-refractivity contribution in [1.82, 2.24) is 0 Å². The van der Waals surface area contributed by atoms with Gasteiger partial charge in [0.1, 0.15) is 12.2 Å². The molecule has 1 rings (SSSR count). The van der Waals surface area contributed by atoms with E-state index in [9.17, 15) is 0 Å². The van der Waals surface area contributed by atoms with Crippen molar-refractivity contribution in [2.75, 3.05) is 7.11 Å². The van der Waals surface area contributed by atoms with E-state index in [2.05, 4.69) is 64.2 Å². The molecule has 0 fully saturated rings. The van der Waals surface area contributed by atoms with Gasteiger partial charge in [0.2, 0.25) is 0 Å². The average Bonchev–Trinajstić information content (AvgIpc) is 2.42. The zero-order valence-electron chi connectivity index (χ0n) is 14.5. The highest BCUT2D eigenvalue weighted by molar-refractivity contribution is 6.74. The van der Waals surface area contributed by atoms with Gasteiger partial charge < -0.3 is 9.16 Å². The van der Waals surface area contributed by atoms with Crippen LogP contribution in [-0.2, 0) is 9.16 Å². The predicted octanol–water partition coefficient (Wildman–Crippen LogP) is 5.34. The minimum absolute atomic E-state index is 0.0618. The van der Waals surface area contributed by atoms with Crippen molar-refractivity contribution in [3.05, 3.63) is 48.0 Å². The summed E-state index contributed by atoms with van der Waals surface area (Å²) in [4.78, 5) is 0. The molecule has 0 N–H and O–H groups in total. The summed E-state index contributed by atoms with van der Waals surface area (Å²) in [5.41, 5.74) is 1.17. The summed E-state index contributed by atoms with van der Waals surface area (Å²) in [6.07, 6.45) is 3.98. The van der Waals surface area contributed by atoms with Gasteiger partial charge in [-0.2, -0.15) is 0 Å². The third-order valence-electron chi connectivity index (χ3n) is 4.31. The molecule has 0 unspecified atom stereocenters. The third kappa shape index (κ3) is 4.80. The summed E-state index contributed by atoms with van der Waals surface area (Å²) in [5, 5.41) is 0.175. The van der Waals surface area contributed by atoms with E-state index in [-0.39, 0.29) is 17.2 Å². The molecular formula is C18H30O2Si. The number of rotatable bonds is 6. The van der Waals surface area contributed by atoms with E-state index in [4.69, 9.17) is 9.16 Å². The lowest BCUT2D eigenvalue weighted by molar-refractivity contribution is 0.0230. The van der Waals surface area contributed by atoms with Crippen LogP contribution in [0.4, 0.5) is 0 Å². The fraction of sp³-hybridized carbons (Fsp3) is 0.556. The Morgan fingerprint density at radius 2 is 1.67 bits per heavy atom. The Bertz CT molecular complexity index is 446. The lowest BCUT2D eigenvalue weighted by atomic mass is 10.0. The molecule has 0 aliphatic carbocycles. The van der Waals surface area contributed by atoms with Crippen LogP contribution in [0.2, 0.25) is 18.1 Å². The molecule has 0 amide bonds. The molecular weight excluding hydrogens is 276 g/mol. The highest BCUT2D eigenvalue weighted by atomic mass is 28.4. The first-order chi connectivity index (χ1) is 9.73. The highest BCUT2D eigenvalue weighted by Crippen LogP contribution is 2.41. The number of hydrogen-bond donors (Lipinski definition) is 0. The second kappa shape index (κ2) is 7.39. The van der Waals surface area contributed by atoms with Gasteiger partial charge in [0, 0.05) is 7.11 Å². The Kier molecular flexibility index (Phi) is 6.38. The molecule has 0 heterocycles. The highest BCUT2D eigenvalue weighted by Gasteiger charge is 2.40. The Labute approximate surface area is 131 Å². The smallest absolute Gasteiger partial charge is 0.193 e. The van der Waals surface area contributed by atoms with Crippen LogP contribution in [0.25, 0.3) is 0 Å². The van der Waals surface area contributed by atoms with Crippen LogP contribution in [0.5, 0.6) is 0 Å². The molecule has 0 spiro atoms. The van der Waals surface area contributed by atoms with E-state index >= 15 is 0 Å². The predicted molar refractivity (Wildman–Crippen MR) is 93.1 cm³/mol. The molecule has 1 aromatic carbocycles. The molecule has 0 saturated carbocycles. The van der Waals surface area contributed by atoms with E-state index in [0.717, 1.165) is 0 Å². The third-order valence-corrected chi connectivity index (χ3v) is 8.76. The molecule has 0 aliphatic heterocycles. The van der Waals surface area contributed by atoms with E-state index in [1.165, 1.54) is 5.56 Å². The second-order valence-electron chi connectivity index (χ2n) is 6.94. The van der Waals surface area contributed by atoms with Gasteiger partial charge in [0.05, 0.1) is 0 Å². The molecule has 0 aromatic heterocycles. The first-order valence-electron chi connectivity index (χ1n) is 7.61. The SMILES string of the molecule is C/C=C/[C@H](OC)[C@@H](O[Si](C)(C)C(C)(C)C)c1ccccc1. The van der Waals surface area contributed by atoms with Gasteiger partial charge in [0.25, 0.3) is 0 Å². The van der Waals surface area contributed by atoms with Gasteiger partial charge in [-0.3, -0.25) is 0 Å². The van der Waals surface area contributed by atoms with Crippen LogP contribution in [0.15, 0.2) is 42.5 Å². The number of ether oxygens (including phenoxy) is 1. The minimum atomic E-state index is -1.87. The lowest BCUT2D eigenvalue weighted by Gasteiger charge is -2.40. The van der Waals surface area contributed by atoms with E-state index in [0.29, 0.717) is 0 Å². The standard InChI is InChI=1S/C18H30O2Si/c1-8-12-16(19-5)17(15-13-10-9-11-14-15)20-21(6,7)18(2,3)4/h8-14,16-17H,1-7H3/b12-8+/t16-,17-/m0/s1. The summed E-state index contributed by atoms with van der Waals surface area (Å²) in [6.45, 7) is 13.4. The van der Waals surface area contributed by atoms with E-state index in [1.807, 2.05) is 19.1 Å². The maximum absolute atomic E-state index is 6.66. The van der Waals surface area contributed by atoms with Crippen molar-refractivity contribution in [1.29, 1.82) is 0 Å². The van der Waals surface area contributed by atoms with Crippen LogP contribution in [0, 0.1) is 0 Å². The van der Waals surface area contributed by atoms with Gasteiger partial charge >= 0.3 is 0 Å². The molecule has 0 saturated heterocycles. The fourth-order valence-corrected chi connectivity index (χ4v) is 3.21. The Hall–Kier alpha value is -0.903. The molecule has 2 nitrogen and oxygen atoms in total. The monoisotopic (exact) mass is 306 g/mol. The lowest BCUT2D eigenvalue weighted by Crippen LogP contribution is -2.44. The molecule has 0 bridgehead atoms. The summed E-state index contributed by atoms with van der Waals surface area (Å²) < 4.78 is 12.3. The summed E-state index contributed by atoms with van der Waals surface area (Å²) in [6, 6.07) is 10.4. The number of benzene rings is 1. The van der Waals surface area contributed by atoms with Gasteiger partial charge in [-0.05, 0) is 30.6 Å². The zero-order valence-corrected chi connectivity index (χ0v) is 15.5. The Morgan fingerprint density at radius 1 is 1.10 bits per heavy atom. The zero-order chi connectivity index (χ0) is 16.1. The largest absolute Gasteiger partial charge is 0.407 e. The van der Waals surface area contributed by atoms with Gasteiger partial charge in [-0.25, -0.2) is 0 Å². The van der Waals surface area contributed by atoms with Gasteiger partial charge in [-0.15, -0.1) is 0 Å². The Morgan fingerprint density at radius 3 is 2.10 bits per heavy atom. The maximum Gasteiger partial charge on any atom is 0.193 e. The van der Waals surface area contributed by atoms with Crippen LogP contribution in [-0.4, -0.2) is 21.5 Å². The molecule has 3 heteroatoms. The van der Waals surface area contributed by atoms with Crippen LogP contribution in [0.1, 0.15) is 39.4 Å². The molecule has 21 heavy (non-hydrogen) atoms. The summed E-state index contributed by atoms with van der Waals surface area (Å²) in [5.74, 6) is 0. The van der Waals surface area contributed by atoms with Gasteiger partial charge in [-0.1, -0.05) is 63.3 Å². The quantitative estimate of drug-likeness (QED) is 0.521. The molecule has 2 atom stereocenters. The van der Waals surface area contributed by atoms with Crippen molar-refractivity contribution < 1.29 is 9.16 Å². The van der Waals surface area contributed by atoms with Crippen LogP contribution < -0.4 is 0 Å². The molecule has 0 aliphatic rings. The summed E-state index contributed by atoms with van der Waals surface area (Å²) >= 11 is 0. The number of methoxy groups -OCH3 is 1. The van der Waals surface area contributed by atoms with Crippen molar-refractivity contribution in [3.63, 3.8) is 0 Å². The van der Waals surface area contributed by atoms with Crippen molar-refractivity contribution in [2.24, 2.45) is 0 Å². The van der Waals surface area contributed by atoms with Crippen molar-refractivity contribution in [2.45, 2.75) is 58.0 Å². The van der Waals surface area contributed by atoms with Crippen LogP contribution >= 0.6 is 0 Å². The first kappa shape index (κ1) is 18.1. The van der Waals surface area contributed by atoms with E-state index < -0.39 is 8.32 Å². The summed E-state index contributed by atoms with van der Waals surface area (Å²) in [7, 11) is -0.127. The van der Waals surface area contributed by atoms with Gasteiger partial charge in [0.15, 0.2) is 8.32 Å². The van der Waals surface area contributed by atoms with E-state index in [1.54, 1.807) is 7.11 Å². The van der Waals surface area contributed by atoms with Crippen LogP contribution in [0.3, 0.4) is 0 Å². The molecule has 1 aromatic rings. The van der Waals surface area contributed by atoms with Crippen molar-refractivity contribution in [3.8, 4) is 0 Å². The topological polar surface area (TPSA) is 18.5 Å². The normalized spacial score (nSPS) is 16.1. The minimum Gasteiger partial charge on any atom is -0.407 e. The number of hydrogen-bond acceptors (Lipinski definition) is 2. The first-order valence-corrected chi connectivity index (χ1v) is 10.5.